The molecule has 0 amide bonds. The predicted molar refractivity (Wildman–Crippen MR) is 125 cm³/mol. The van der Waals surface area contributed by atoms with Crippen LogP contribution in [0.15, 0.2) is 0 Å². The molecule has 2 N–H and O–H groups in total. The Morgan fingerprint density at radius 2 is 1.57 bits per heavy atom. The minimum absolute atomic E-state index is 0.354. The van der Waals surface area contributed by atoms with Gasteiger partial charge in [-0.3, -0.25) is 0 Å². The molecule has 7 unspecified atom stereocenters. The van der Waals surface area contributed by atoms with E-state index in [0.29, 0.717) is 17.4 Å². The Labute approximate surface area is 186 Å². The van der Waals surface area contributed by atoms with Gasteiger partial charge in [-0.2, -0.15) is 0 Å². The maximum atomic E-state index is 10.7. The van der Waals surface area contributed by atoms with E-state index >= 15 is 0 Å². The van der Waals surface area contributed by atoms with Gasteiger partial charge in [-0.25, -0.2) is 0 Å². The van der Waals surface area contributed by atoms with Crippen molar-refractivity contribution in [3.8, 4) is 0 Å². The largest absolute Gasteiger partial charge is 0.396 e. The average molecular weight is 419 g/mol. The molecule has 9 atom stereocenters. The Morgan fingerprint density at radius 1 is 0.833 bits per heavy atom. The molecule has 0 bridgehead atoms. The minimum atomic E-state index is -0.410. The van der Waals surface area contributed by atoms with E-state index in [2.05, 4.69) is 27.7 Å². The molecule has 0 spiro atoms. The highest BCUT2D eigenvalue weighted by Gasteiger charge is 2.60. The molecule has 2 nitrogen and oxygen atoms in total. The molecule has 4 fully saturated rings. The Morgan fingerprint density at radius 3 is 2.33 bits per heavy atom. The maximum absolute atomic E-state index is 10.7. The van der Waals surface area contributed by atoms with Gasteiger partial charge in [0.1, 0.15) is 0 Å². The SMILES string of the molecule is CC(CCCO)CCCC1CC[C@H]2C3CCC4C[C@@](C)(O)CCC4(C)C3CCC12C. The van der Waals surface area contributed by atoms with Gasteiger partial charge in [0, 0.05) is 6.61 Å². The molecule has 4 rings (SSSR count). The fourth-order valence-electron chi connectivity index (χ4n) is 9.31. The topological polar surface area (TPSA) is 40.5 Å². The van der Waals surface area contributed by atoms with Crippen LogP contribution < -0.4 is 0 Å². The number of fused-ring (bicyclic) bond motifs is 5. The van der Waals surface area contributed by atoms with E-state index < -0.39 is 5.60 Å². The Hall–Kier alpha value is -0.0800. The molecule has 0 aromatic heterocycles. The van der Waals surface area contributed by atoms with Gasteiger partial charge in [0.05, 0.1) is 5.60 Å². The van der Waals surface area contributed by atoms with Crippen molar-refractivity contribution in [2.75, 3.05) is 6.61 Å². The molecule has 0 aromatic rings. The van der Waals surface area contributed by atoms with Crippen LogP contribution in [-0.2, 0) is 0 Å². The third kappa shape index (κ3) is 4.14. The zero-order valence-electron chi connectivity index (χ0n) is 20.5. The number of aliphatic hydroxyl groups is 2. The van der Waals surface area contributed by atoms with E-state index in [-0.39, 0.29) is 0 Å². The van der Waals surface area contributed by atoms with Crippen molar-refractivity contribution in [1.29, 1.82) is 0 Å². The van der Waals surface area contributed by atoms with Crippen molar-refractivity contribution in [3.63, 3.8) is 0 Å². The summed E-state index contributed by atoms with van der Waals surface area (Å²) >= 11 is 0. The molecular formula is C28H50O2. The van der Waals surface area contributed by atoms with Gasteiger partial charge in [0.2, 0.25) is 0 Å². The van der Waals surface area contributed by atoms with Crippen molar-refractivity contribution < 1.29 is 10.2 Å². The van der Waals surface area contributed by atoms with Crippen LogP contribution in [0.4, 0.5) is 0 Å². The first-order chi connectivity index (χ1) is 14.2. The fraction of sp³-hybridized carbons (Fsp3) is 1.00. The van der Waals surface area contributed by atoms with Gasteiger partial charge in [0.15, 0.2) is 0 Å². The lowest BCUT2D eigenvalue weighted by molar-refractivity contribution is -0.146. The van der Waals surface area contributed by atoms with E-state index in [0.717, 1.165) is 54.8 Å². The number of aliphatic hydroxyl groups excluding tert-OH is 1. The van der Waals surface area contributed by atoms with Gasteiger partial charge in [-0.05, 0) is 130 Å². The second-order valence-electron chi connectivity index (χ2n) is 13.1. The molecule has 4 aliphatic rings. The average Bonchev–Trinajstić information content (AvgIpc) is 3.03. The first-order valence-corrected chi connectivity index (χ1v) is 13.5. The van der Waals surface area contributed by atoms with Gasteiger partial charge in [0.25, 0.3) is 0 Å². The minimum Gasteiger partial charge on any atom is -0.396 e. The molecule has 0 heterocycles. The van der Waals surface area contributed by atoms with E-state index in [1.54, 1.807) is 0 Å². The summed E-state index contributed by atoms with van der Waals surface area (Å²) in [5.41, 5.74) is 0.679. The van der Waals surface area contributed by atoms with Crippen molar-refractivity contribution in [2.24, 2.45) is 46.3 Å². The summed E-state index contributed by atoms with van der Waals surface area (Å²) in [7, 11) is 0. The van der Waals surface area contributed by atoms with Crippen LogP contribution in [0.3, 0.4) is 0 Å². The third-order valence-electron chi connectivity index (χ3n) is 11.3. The van der Waals surface area contributed by atoms with Crippen molar-refractivity contribution in [2.45, 2.75) is 123 Å². The van der Waals surface area contributed by atoms with Crippen molar-refractivity contribution >= 4 is 0 Å². The second-order valence-corrected chi connectivity index (χ2v) is 13.1. The summed E-state index contributed by atoms with van der Waals surface area (Å²) in [5.74, 6) is 5.32. The van der Waals surface area contributed by atoms with Crippen LogP contribution in [0.2, 0.25) is 0 Å². The quantitative estimate of drug-likeness (QED) is 0.468. The number of hydrogen-bond donors (Lipinski definition) is 2. The molecule has 4 aliphatic carbocycles. The van der Waals surface area contributed by atoms with Crippen LogP contribution >= 0.6 is 0 Å². The highest BCUT2D eigenvalue weighted by atomic mass is 16.3. The van der Waals surface area contributed by atoms with Crippen LogP contribution in [0.1, 0.15) is 118 Å². The molecule has 30 heavy (non-hydrogen) atoms. The molecule has 4 saturated carbocycles. The fourth-order valence-corrected chi connectivity index (χ4v) is 9.31. The molecular weight excluding hydrogens is 368 g/mol. The zero-order chi connectivity index (χ0) is 21.6. The van der Waals surface area contributed by atoms with Crippen LogP contribution in [0.25, 0.3) is 0 Å². The summed E-state index contributed by atoms with van der Waals surface area (Å²) < 4.78 is 0. The first kappa shape index (κ1) is 23.1. The van der Waals surface area contributed by atoms with E-state index in [4.69, 9.17) is 5.11 Å². The van der Waals surface area contributed by atoms with E-state index in [1.807, 2.05) is 0 Å². The van der Waals surface area contributed by atoms with Crippen molar-refractivity contribution in [1.82, 2.24) is 0 Å². The lowest BCUT2D eigenvalue weighted by Gasteiger charge is -2.62. The summed E-state index contributed by atoms with van der Waals surface area (Å²) in [6, 6.07) is 0. The third-order valence-corrected chi connectivity index (χ3v) is 11.3. The first-order valence-electron chi connectivity index (χ1n) is 13.5. The smallest absolute Gasteiger partial charge is 0.0622 e. The molecule has 0 radical (unpaired) electrons. The highest BCUT2D eigenvalue weighted by Crippen LogP contribution is 2.68. The Bertz CT molecular complexity index is 585. The Balaban J connectivity index is 1.38. The van der Waals surface area contributed by atoms with Gasteiger partial charge >= 0.3 is 0 Å². The lowest BCUT2D eigenvalue weighted by atomic mass is 9.44. The lowest BCUT2D eigenvalue weighted by Crippen LogP contribution is -2.55. The van der Waals surface area contributed by atoms with E-state index in [9.17, 15) is 5.11 Å². The maximum Gasteiger partial charge on any atom is 0.0622 e. The van der Waals surface area contributed by atoms with Crippen LogP contribution in [0, 0.1) is 46.3 Å². The van der Waals surface area contributed by atoms with Gasteiger partial charge in [-0.1, -0.05) is 33.6 Å². The van der Waals surface area contributed by atoms with Crippen LogP contribution in [0.5, 0.6) is 0 Å². The zero-order valence-corrected chi connectivity index (χ0v) is 20.5. The summed E-state index contributed by atoms with van der Waals surface area (Å²) in [5, 5.41) is 19.8. The summed E-state index contributed by atoms with van der Waals surface area (Å²) in [6.45, 7) is 10.1. The second kappa shape index (κ2) is 8.69. The highest BCUT2D eigenvalue weighted by molar-refractivity contribution is 5.10. The summed E-state index contributed by atoms with van der Waals surface area (Å²) in [6.07, 6.45) is 18.4. The molecule has 0 saturated heterocycles. The molecule has 2 heteroatoms. The predicted octanol–water partition coefficient (Wildman–Crippen LogP) is 6.98. The van der Waals surface area contributed by atoms with Gasteiger partial charge in [-0.15, -0.1) is 0 Å². The van der Waals surface area contributed by atoms with E-state index in [1.165, 1.54) is 70.6 Å². The van der Waals surface area contributed by atoms with Crippen molar-refractivity contribution in [3.05, 3.63) is 0 Å². The number of hydrogen-bond acceptors (Lipinski definition) is 2. The number of rotatable bonds is 7. The normalized spacial score (nSPS) is 49.2. The van der Waals surface area contributed by atoms with Crippen LogP contribution in [-0.4, -0.2) is 22.4 Å². The van der Waals surface area contributed by atoms with Gasteiger partial charge < -0.3 is 10.2 Å². The Kier molecular flexibility index (Phi) is 6.69. The standard InChI is InChI=1S/C28H50O2/c1-20(8-6-18-29)7-5-9-21-11-13-24-23-12-10-22-19-26(2,30)16-17-28(22,4)25(23)14-15-27(21,24)3/h20-25,29-30H,5-19H2,1-4H3/t20?,21?,22?,23?,24-,25?,26-,27?,28?/m0/s1. The molecule has 0 aromatic carbocycles. The molecule has 174 valence electrons. The molecule has 0 aliphatic heterocycles. The monoisotopic (exact) mass is 418 g/mol. The summed E-state index contributed by atoms with van der Waals surface area (Å²) in [4.78, 5) is 0.